The molecule has 0 radical (unpaired) electrons. The molecule has 2 aromatic carbocycles. The van der Waals surface area contributed by atoms with Gasteiger partial charge in [0.2, 0.25) is 0 Å². The van der Waals surface area contributed by atoms with E-state index in [1.807, 2.05) is 24.3 Å². The highest BCUT2D eigenvalue weighted by molar-refractivity contribution is 9.10. The van der Waals surface area contributed by atoms with E-state index in [0.717, 1.165) is 28.6 Å². The maximum atomic E-state index is 12.3. The minimum Gasteiger partial charge on any atom is -0.496 e. The number of rotatable bonds is 5. The number of halogens is 1. The molecule has 0 heterocycles. The van der Waals surface area contributed by atoms with Crippen molar-refractivity contribution in [2.45, 2.75) is 19.8 Å². The van der Waals surface area contributed by atoms with E-state index in [1.54, 1.807) is 25.3 Å². The fourth-order valence-electron chi connectivity index (χ4n) is 2.13. The number of aryl methyl sites for hydroxylation is 1. The van der Waals surface area contributed by atoms with Gasteiger partial charge in [0, 0.05) is 11.3 Å². The third-order valence-corrected chi connectivity index (χ3v) is 3.82. The molecule has 0 aliphatic carbocycles. The smallest absolute Gasteiger partial charge is 0.255 e. The molecular weight excluding hydrogens is 330 g/mol. The van der Waals surface area contributed by atoms with Crippen LogP contribution in [0.25, 0.3) is 0 Å². The van der Waals surface area contributed by atoms with Crippen molar-refractivity contribution in [3.63, 3.8) is 0 Å². The van der Waals surface area contributed by atoms with Gasteiger partial charge in [-0.25, -0.2) is 0 Å². The standard InChI is InChI=1S/C17H18BrNO2/c1-3-6-12-7-4-5-8-15(12)19-17(20)13-9-10-16(21-2)14(18)11-13/h4-5,7-11H,3,6H2,1-2H3,(H,19,20). The lowest BCUT2D eigenvalue weighted by molar-refractivity contribution is 0.102. The Bertz CT molecular complexity index is 640. The molecule has 21 heavy (non-hydrogen) atoms. The molecule has 0 saturated carbocycles. The van der Waals surface area contributed by atoms with E-state index in [4.69, 9.17) is 4.74 Å². The minimum atomic E-state index is -0.123. The number of benzene rings is 2. The molecule has 110 valence electrons. The maximum Gasteiger partial charge on any atom is 0.255 e. The third-order valence-electron chi connectivity index (χ3n) is 3.20. The summed E-state index contributed by atoms with van der Waals surface area (Å²) in [6.07, 6.45) is 1.99. The number of carbonyl (C=O) groups excluding carboxylic acids is 1. The van der Waals surface area contributed by atoms with E-state index in [9.17, 15) is 4.79 Å². The molecule has 1 N–H and O–H groups in total. The first-order valence-corrected chi connectivity index (χ1v) is 7.67. The van der Waals surface area contributed by atoms with Crippen LogP contribution >= 0.6 is 15.9 Å². The number of methoxy groups -OCH3 is 1. The van der Waals surface area contributed by atoms with Gasteiger partial charge in [0.1, 0.15) is 5.75 Å². The molecule has 0 spiro atoms. The summed E-state index contributed by atoms with van der Waals surface area (Å²) in [6, 6.07) is 13.2. The molecular formula is C17H18BrNO2. The Labute approximate surface area is 133 Å². The van der Waals surface area contributed by atoms with E-state index < -0.39 is 0 Å². The van der Waals surface area contributed by atoms with Crippen molar-refractivity contribution in [1.29, 1.82) is 0 Å². The van der Waals surface area contributed by atoms with Gasteiger partial charge in [0.15, 0.2) is 0 Å². The molecule has 0 bridgehead atoms. The molecule has 0 unspecified atom stereocenters. The summed E-state index contributed by atoms with van der Waals surface area (Å²) in [4.78, 5) is 12.3. The fraction of sp³-hybridized carbons (Fsp3) is 0.235. The summed E-state index contributed by atoms with van der Waals surface area (Å²) in [5.74, 6) is 0.583. The first-order chi connectivity index (χ1) is 10.2. The predicted molar refractivity (Wildman–Crippen MR) is 89.1 cm³/mol. The second-order valence-corrected chi connectivity index (χ2v) is 5.56. The zero-order valence-corrected chi connectivity index (χ0v) is 13.7. The Morgan fingerprint density at radius 2 is 2.00 bits per heavy atom. The van der Waals surface area contributed by atoms with Gasteiger partial charge in [-0.1, -0.05) is 31.5 Å². The van der Waals surface area contributed by atoms with Gasteiger partial charge in [-0.3, -0.25) is 4.79 Å². The van der Waals surface area contributed by atoms with Crippen molar-refractivity contribution in [2.24, 2.45) is 0 Å². The van der Waals surface area contributed by atoms with Crippen LogP contribution in [0.15, 0.2) is 46.9 Å². The minimum absolute atomic E-state index is 0.123. The number of anilines is 1. The second-order valence-electron chi connectivity index (χ2n) is 4.71. The lowest BCUT2D eigenvalue weighted by Gasteiger charge is -2.11. The summed E-state index contributed by atoms with van der Waals surface area (Å²) in [5.41, 5.74) is 2.62. The van der Waals surface area contributed by atoms with Crippen LogP contribution in [0, 0.1) is 0 Å². The highest BCUT2D eigenvalue weighted by Gasteiger charge is 2.10. The van der Waals surface area contributed by atoms with Crippen LogP contribution in [-0.4, -0.2) is 13.0 Å². The quantitative estimate of drug-likeness (QED) is 0.853. The predicted octanol–water partition coefficient (Wildman–Crippen LogP) is 4.66. The monoisotopic (exact) mass is 347 g/mol. The van der Waals surface area contributed by atoms with E-state index in [2.05, 4.69) is 28.2 Å². The number of ether oxygens (including phenoxy) is 1. The topological polar surface area (TPSA) is 38.3 Å². The van der Waals surface area contributed by atoms with Crippen LogP contribution in [0.4, 0.5) is 5.69 Å². The lowest BCUT2D eigenvalue weighted by atomic mass is 10.1. The Morgan fingerprint density at radius 1 is 1.24 bits per heavy atom. The van der Waals surface area contributed by atoms with E-state index >= 15 is 0 Å². The highest BCUT2D eigenvalue weighted by atomic mass is 79.9. The Balaban J connectivity index is 2.20. The molecule has 1 amide bonds. The summed E-state index contributed by atoms with van der Waals surface area (Å²) in [7, 11) is 1.60. The molecule has 0 aliphatic heterocycles. The molecule has 0 aliphatic rings. The fourth-order valence-corrected chi connectivity index (χ4v) is 2.67. The molecule has 0 fully saturated rings. The van der Waals surface area contributed by atoms with Gasteiger partial charge in [-0.05, 0) is 52.2 Å². The summed E-state index contributed by atoms with van der Waals surface area (Å²) < 4.78 is 5.93. The van der Waals surface area contributed by atoms with Crippen molar-refractivity contribution in [3.8, 4) is 5.75 Å². The Morgan fingerprint density at radius 3 is 2.67 bits per heavy atom. The number of nitrogens with one attached hydrogen (secondary N) is 1. The van der Waals surface area contributed by atoms with Crippen LogP contribution < -0.4 is 10.1 Å². The van der Waals surface area contributed by atoms with Gasteiger partial charge in [0.25, 0.3) is 5.91 Å². The summed E-state index contributed by atoms with van der Waals surface area (Å²) in [6.45, 7) is 2.12. The van der Waals surface area contributed by atoms with Gasteiger partial charge in [-0.2, -0.15) is 0 Å². The SMILES string of the molecule is CCCc1ccccc1NC(=O)c1ccc(OC)c(Br)c1. The van der Waals surface area contributed by atoms with Crippen LogP contribution in [0.3, 0.4) is 0 Å². The molecule has 2 aromatic rings. The summed E-state index contributed by atoms with van der Waals surface area (Å²) >= 11 is 3.40. The Hall–Kier alpha value is -1.81. The molecule has 3 nitrogen and oxygen atoms in total. The highest BCUT2D eigenvalue weighted by Crippen LogP contribution is 2.26. The van der Waals surface area contributed by atoms with Crippen LogP contribution in [0.2, 0.25) is 0 Å². The average molecular weight is 348 g/mol. The van der Waals surface area contributed by atoms with Crippen molar-refractivity contribution < 1.29 is 9.53 Å². The van der Waals surface area contributed by atoms with E-state index in [0.29, 0.717) is 11.3 Å². The van der Waals surface area contributed by atoms with Gasteiger partial charge in [0.05, 0.1) is 11.6 Å². The largest absolute Gasteiger partial charge is 0.496 e. The third kappa shape index (κ3) is 3.85. The van der Waals surface area contributed by atoms with Crippen molar-refractivity contribution in [1.82, 2.24) is 0 Å². The molecule has 2 rings (SSSR count). The number of para-hydroxylation sites is 1. The number of hydrogen-bond acceptors (Lipinski definition) is 2. The molecule has 0 atom stereocenters. The van der Waals surface area contributed by atoms with Gasteiger partial charge >= 0.3 is 0 Å². The maximum absolute atomic E-state index is 12.3. The number of amides is 1. The Kier molecular flexibility index (Phi) is 5.39. The van der Waals surface area contributed by atoms with Crippen molar-refractivity contribution in [2.75, 3.05) is 12.4 Å². The van der Waals surface area contributed by atoms with Crippen molar-refractivity contribution in [3.05, 3.63) is 58.1 Å². The first-order valence-electron chi connectivity index (χ1n) is 6.88. The van der Waals surface area contributed by atoms with E-state index in [1.165, 1.54) is 0 Å². The average Bonchev–Trinajstić information content (AvgIpc) is 2.49. The number of carbonyl (C=O) groups is 1. The van der Waals surface area contributed by atoms with Crippen molar-refractivity contribution >= 4 is 27.5 Å². The molecule has 4 heteroatoms. The van der Waals surface area contributed by atoms with Crippen LogP contribution in [0.1, 0.15) is 29.3 Å². The zero-order valence-electron chi connectivity index (χ0n) is 12.2. The van der Waals surface area contributed by atoms with Gasteiger partial charge in [-0.15, -0.1) is 0 Å². The van der Waals surface area contributed by atoms with Gasteiger partial charge < -0.3 is 10.1 Å². The number of hydrogen-bond donors (Lipinski definition) is 1. The van der Waals surface area contributed by atoms with E-state index in [-0.39, 0.29) is 5.91 Å². The first kappa shape index (κ1) is 15.6. The lowest BCUT2D eigenvalue weighted by Crippen LogP contribution is -2.13. The van der Waals surface area contributed by atoms with Crippen LogP contribution in [-0.2, 0) is 6.42 Å². The second kappa shape index (κ2) is 7.27. The summed E-state index contributed by atoms with van der Waals surface area (Å²) in [5, 5.41) is 2.98. The molecule has 0 saturated heterocycles. The zero-order chi connectivity index (χ0) is 15.2. The van der Waals surface area contributed by atoms with Crippen LogP contribution in [0.5, 0.6) is 5.75 Å². The normalized spacial score (nSPS) is 10.2. The molecule has 0 aromatic heterocycles.